The normalized spacial score (nSPS) is 42.7. The van der Waals surface area contributed by atoms with Gasteiger partial charge in [-0.15, -0.1) is 0 Å². The minimum absolute atomic E-state index is 0.0244. The lowest BCUT2D eigenvalue weighted by molar-refractivity contribution is -0.314. The molecular weight excluding hydrogens is 572 g/mol. The lowest BCUT2D eigenvalue weighted by atomic mass is 9.82. The highest BCUT2D eigenvalue weighted by molar-refractivity contribution is 5.81. The first-order valence-electron chi connectivity index (χ1n) is 14.8. The molecule has 16 N–H and O–H groups in total. The molecular formula is C26H52N6O11. The van der Waals surface area contributed by atoms with E-state index in [-0.39, 0.29) is 32.3 Å². The van der Waals surface area contributed by atoms with E-state index in [2.05, 4.69) is 10.6 Å². The van der Waals surface area contributed by atoms with Gasteiger partial charge in [0.2, 0.25) is 0 Å². The summed E-state index contributed by atoms with van der Waals surface area (Å²) < 4.78 is 23.8. The van der Waals surface area contributed by atoms with Gasteiger partial charge in [-0.1, -0.05) is 6.92 Å². The molecule has 43 heavy (non-hydrogen) atoms. The first kappa shape index (κ1) is 36.3. The van der Waals surface area contributed by atoms with E-state index < -0.39 is 90.8 Å². The molecule has 0 aromatic carbocycles. The largest absolute Gasteiger partial charge is 0.395 e. The average molecular weight is 625 g/mol. The predicted molar refractivity (Wildman–Crippen MR) is 151 cm³/mol. The van der Waals surface area contributed by atoms with E-state index in [4.69, 9.17) is 47.0 Å². The van der Waals surface area contributed by atoms with Gasteiger partial charge in [-0.3, -0.25) is 4.79 Å². The summed E-state index contributed by atoms with van der Waals surface area (Å²) in [6.07, 6.45) is -10.1. The molecule has 0 spiro atoms. The van der Waals surface area contributed by atoms with Crippen molar-refractivity contribution in [1.29, 1.82) is 0 Å². The molecule has 15 atom stereocenters. The van der Waals surface area contributed by atoms with Crippen LogP contribution in [0.5, 0.6) is 0 Å². The van der Waals surface area contributed by atoms with Crippen molar-refractivity contribution in [1.82, 2.24) is 10.6 Å². The van der Waals surface area contributed by atoms with E-state index in [0.717, 1.165) is 0 Å². The summed E-state index contributed by atoms with van der Waals surface area (Å²) in [5, 5.41) is 68.2. The summed E-state index contributed by atoms with van der Waals surface area (Å²) in [5.74, 6) is -1.68. The van der Waals surface area contributed by atoms with Crippen LogP contribution in [0.15, 0.2) is 0 Å². The molecule has 3 fully saturated rings. The number of nitrogens with two attached hydrogens (primary N) is 4. The molecule has 6 unspecified atom stereocenters. The van der Waals surface area contributed by atoms with Crippen LogP contribution in [-0.2, 0) is 23.7 Å². The molecule has 0 aromatic heterocycles. The zero-order valence-electron chi connectivity index (χ0n) is 24.8. The quantitative estimate of drug-likeness (QED) is 0.0848. The van der Waals surface area contributed by atoms with E-state index >= 15 is 0 Å². The Morgan fingerprint density at radius 2 is 1.77 bits per heavy atom. The van der Waals surface area contributed by atoms with Gasteiger partial charge < -0.3 is 83.2 Å². The third-order valence-electron chi connectivity index (χ3n) is 8.70. The second-order valence-corrected chi connectivity index (χ2v) is 12.2. The van der Waals surface area contributed by atoms with Crippen molar-refractivity contribution in [3.8, 4) is 0 Å². The van der Waals surface area contributed by atoms with Crippen LogP contribution in [-0.4, -0.2) is 154 Å². The standard InChI is InChI=1S/C26H52N6O11/c1-11-17(34)25(40-10-26(11,2)39)43-22-16(32-23(38)19(36)18(35)15(30)8-27)7-14(29)21(20(22)37)42-24-13(28)4-3-12(41-24)9-31-5-6-33/h11-22,24-25,31,33-37,39H,3-10,27-30H2,1-2H3,(H,32,38)/t11-,12+,13?,14+,15+,16-,17?,18+,19+,20?,21?,22?,24-,25-,26?/m1/s1. The van der Waals surface area contributed by atoms with Gasteiger partial charge in [0.15, 0.2) is 18.7 Å². The highest BCUT2D eigenvalue weighted by Gasteiger charge is 2.51. The van der Waals surface area contributed by atoms with E-state index in [1.807, 2.05) is 0 Å². The lowest BCUT2D eigenvalue weighted by Crippen LogP contribution is -2.68. The number of hydrogen-bond acceptors (Lipinski definition) is 16. The van der Waals surface area contributed by atoms with Gasteiger partial charge in [0.1, 0.15) is 30.5 Å². The Labute approximate surface area is 251 Å². The molecule has 1 saturated carbocycles. The van der Waals surface area contributed by atoms with Crippen LogP contribution in [0.3, 0.4) is 0 Å². The van der Waals surface area contributed by atoms with Gasteiger partial charge in [0.25, 0.3) is 5.91 Å². The molecule has 3 aliphatic rings. The number of amides is 1. The predicted octanol–water partition coefficient (Wildman–Crippen LogP) is -6.14. The fraction of sp³-hybridized carbons (Fsp3) is 0.962. The summed E-state index contributed by atoms with van der Waals surface area (Å²) in [5.41, 5.74) is 22.5. The zero-order valence-corrected chi connectivity index (χ0v) is 24.8. The van der Waals surface area contributed by atoms with Gasteiger partial charge >= 0.3 is 0 Å². The van der Waals surface area contributed by atoms with Crippen molar-refractivity contribution in [3.05, 3.63) is 0 Å². The minimum Gasteiger partial charge on any atom is -0.395 e. The Bertz CT molecular complexity index is 877. The highest BCUT2D eigenvalue weighted by atomic mass is 16.7. The SMILES string of the molecule is C[C@@H]1C(O)[C@@H](OC2C(O)C(O[C@H]3O[C@H](CNCCO)CCC3N)[C@@H](N)C[C@H]2NC(=O)[C@@H](O)[C@@H](O)[C@@H](N)CN)OCC1(C)O. The Balaban J connectivity index is 1.79. The maximum absolute atomic E-state index is 12.9. The topological polar surface area (TPSA) is 304 Å². The van der Waals surface area contributed by atoms with Gasteiger partial charge in [-0.25, -0.2) is 0 Å². The number of carbonyl (C=O) groups is 1. The third kappa shape index (κ3) is 8.99. The Morgan fingerprint density at radius 3 is 2.42 bits per heavy atom. The van der Waals surface area contributed by atoms with E-state index in [1.165, 1.54) is 6.92 Å². The Kier molecular flexibility index (Phi) is 13.5. The second kappa shape index (κ2) is 15.9. The first-order chi connectivity index (χ1) is 20.2. The molecule has 1 amide bonds. The van der Waals surface area contributed by atoms with Crippen LogP contribution >= 0.6 is 0 Å². The van der Waals surface area contributed by atoms with Crippen molar-refractivity contribution in [2.75, 3.05) is 32.8 Å². The van der Waals surface area contributed by atoms with Crippen molar-refractivity contribution < 1.29 is 54.4 Å². The summed E-state index contributed by atoms with van der Waals surface area (Å²) in [6.45, 7) is 3.58. The van der Waals surface area contributed by atoms with E-state index in [0.29, 0.717) is 25.9 Å². The average Bonchev–Trinajstić information content (AvgIpc) is 2.97. The minimum atomic E-state index is -1.95. The third-order valence-corrected chi connectivity index (χ3v) is 8.70. The summed E-state index contributed by atoms with van der Waals surface area (Å²) >= 11 is 0. The summed E-state index contributed by atoms with van der Waals surface area (Å²) in [6, 6.07) is -3.53. The lowest BCUT2D eigenvalue weighted by Gasteiger charge is -2.48. The second-order valence-electron chi connectivity index (χ2n) is 12.2. The summed E-state index contributed by atoms with van der Waals surface area (Å²) in [4.78, 5) is 12.9. The molecule has 0 radical (unpaired) electrons. The molecule has 17 nitrogen and oxygen atoms in total. The molecule has 0 bridgehead atoms. The van der Waals surface area contributed by atoms with Gasteiger partial charge in [0.05, 0.1) is 37.0 Å². The number of ether oxygens (including phenoxy) is 4. The van der Waals surface area contributed by atoms with Crippen LogP contribution in [0.25, 0.3) is 0 Å². The van der Waals surface area contributed by atoms with Gasteiger partial charge in [-0.05, 0) is 26.2 Å². The molecule has 0 aromatic rings. The number of hydrogen-bond donors (Lipinski definition) is 12. The molecule has 3 rings (SSSR count). The maximum Gasteiger partial charge on any atom is 0.251 e. The van der Waals surface area contributed by atoms with Crippen LogP contribution in [0.4, 0.5) is 0 Å². The fourth-order valence-electron chi connectivity index (χ4n) is 5.55. The van der Waals surface area contributed by atoms with Crippen LogP contribution < -0.4 is 33.6 Å². The van der Waals surface area contributed by atoms with Crippen LogP contribution in [0, 0.1) is 5.92 Å². The van der Waals surface area contributed by atoms with Crippen molar-refractivity contribution in [2.45, 2.75) is 118 Å². The van der Waals surface area contributed by atoms with Crippen LogP contribution in [0.2, 0.25) is 0 Å². The zero-order chi connectivity index (χ0) is 32.1. The molecule has 1 aliphatic carbocycles. The molecule has 252 valence electrons. The number of nitrogens with one attached hydrogen (secondary N) is 2. The molecule has 2 aliphatic heterocycles. The number of aliphatic hydroxyl groups is 6. The molecule has 17 heteroatoms. The smallest absolute Gasteiger partial charge is 0.251 e. The monoisotopic (exact) mass is 624 g/mol. The van der Waals surface area contributed by atoms with E-state index in [9.17, 15) is 30.3 Å². The van der Waals surface area contributed by atoms with Crippen molar-refractivity contribution in [2.24, 2.45) is 28.9 Å². The number of aliphatic hydroxyl groups excluding tert-OH is 5. The Morgan fingerprint density at radius 1 is 1.09 bits per heavy atom. The number of carbonyl (C=O) groups excluding carboxylic acids is 1. The van der Waals surface area contributed by atoms with Crippen molar-refractivity contribution in [3.63, 3.8) is 0 Å². The highest BCUT2D eigenvalue weighted by Crippen LogP contribution is 2.34. The molecule has 2 heterocycles. The Hall–Kier alpha value is -1.13. The van der Waals surface area contributed by atoms with Crippen molar-refractivity contribution >= 4 is 5.91 Å². The van der Waals surface area contributed by atoms with Gasteiger partial charge in [0, 0.05) is 37.6 Å². The first-order valence-corrected chi connectivity index (χ1v) is 14.8. The summed E-state index contributed by atoms with van der Waals surface area (Å²) in [7, 11) is 0. The maximum atomic E-state index is 12.9. The molecule has 2 saturated heterocycles. The van der Waals surface area contributed by atoms with Crippen LogP contribution in [0.1, 0.15) is 33.1 Å². The van der Waals surface area contributed by atoms with E-state index in [1.54, 1.807) is 6.92 Å². The fourth-order valence-corrected chi connectivity index (χ4v) is 5.55. The number of rotatable bonds is 13. The van der Waals surface area contributed by atoms with Gasteiger partial charge in [-0.2, -0.15) is 0 Å².